The molecule has 0 aliphatic carbocycles. The summed E-state index contributed by atoms with van der Waals surface area (Å²) in [5.74, 6) is -1.97. The summed E-state index contributed by atoms with van der Waals surface area (Å²) in [5, 5.41) is 13.4. The van der Waals surface area contributed by atoms with Crippen LogP contribution in [0.3, 0.4) is 0 Å². The van der Waals surface area contributed by atoms with Crippen LogP contribution in [0.1, 0.15) is 25.0 Å². The highest BCUT2D eigenvalue weighted by Crippen LogP contribution is 2.29. The molecule has 0 aliphatic heterocycles. The average molecular weight is 517 g/mol. The Balaban J connectivity index is 1.85. The van der Waals surface area contributed by atoms with Gasteiger partial charge in [-0.15, -0.1) is 0 Å². The average Bonchev–Trinajstić information content (AvgIpc) is 3.37. The number of amides is 1. The highest BCUT2D eigenvalue weighted by molar-refractivity contribution is 7.94. The second kappa shape index (κ2) is 10.4. The molecule has 188 valence electrons. The number of aromatic nitrogens is 2. The molecule has 0 unspecified atom stereocenters. The van der Waals surface area contributed by atoms with Crippen LogP contribution in [0.4, 0.5) is 13.2 Å². The fourth-order valence-electron chi connectivity index (χ4n) is 3.64. The maximum atomic E-state index is 13.4. The van der Waals surface area contributed by atoms with Crippen LogP contribution in [-0.4, -0.2) is 41.7 Å². The zero-order valence-corrected chi connectivity index (χ0v) is 20.3. The highest BCUT2D eigenvalue weighted by atomic mass is 32.2. The lowest BCUT2D eigenvalue weighted by Crippen LogP contribution is -2.46. The predicted octanol–water partition coefficient (Wildman–Crippen LogP) is 4.55. The summed E-state index contributed by atoms with van der Waals surface area (Å²) in [6.07, 6.45) is -0.885. The van der Waals surface area contributed by atoms with Crippen molar-refractivity contribution in [1.29, 1.82) is 5.26 Å². The van der Waals surface area contributed by atoms with Gasteiger partial charge in [-0.3, -0.25) is 4.79 Å². The van der Waals surface area contributed by atoms with Gasteiger partial charge in [-0.05, 0) is 41.5 Å². The number of carbonyl (C=O) groups is 1. The topological polar surface area (TPSA) is 96.1 Å². The van der Waals surface area contributed by atoms with E-state index in [1.54, 1.807) is 67.3 Å². The summed E-state index contributed by atoms with van der Waals surface area (Å²) in [6, 6.07) is 15.6. The largest absolute Gasteiger partial charge is 0.471 e. The summed E-state index contributed by atoms with van der Waals surface area (Å²) < 4.78 is 66.3. The van der Waals surface area contributed by atoms with Gasteiger partial charge in [0, 0.05) is 42.4 Å². The van der Waals surface area contributed by atoms with E-state index in [1.807, 2.05) is 0 Å². The van der Waals surface area contributed by atoms with Crippen LogP contribution < -0.4 is 0 Å². The number of halogens is 3. The molecule has 11 heteroatoms. The van der Waals surface area contributed by atoms with Gasteiger partial charge in [0.2, 0.25) is 9.84 Å². The zero-order valence-electron chi connectivity index (χ0n) is 19.5. The molecule has 2 aromatic carbocycles. The standard InChI is InChI=1S/C25H23F3N4O3S/c1-24(2,20-7-11-22(12-8-20)36(34,35)16-3-13-29)18-31(23(33)25(26,27)28)17-19-5-9-21(10-6-19)32-15-4-14-30-32/h3-12,14-16H,17-18H2,1-2H3. The zero-order chi connectivity index (χ0) is 26.6. The number of alkyl halides is 3. The summed E-state index contributed by atoms with van der Waals surface area (Å²) in [7, 11) is -3.82. The lowest BCUT2D eigenvalue weighted by molar-refractivity contribution is -0.186. The van der Waals surface area contributed by atoms with Crippen LogP contribution in [0.15, 0.2) is 83.4 Å². The Labute approximate surface area is 207 Å². The Morgan fingerprint density at radius 3 is 2.28 bits per heavy atom. The lowest BCUT2D eigenvalue weighted by atomic mass is 9.84. The number of allylic oxidation sites excluding steroid dienone is 1. The molecule has 0 aliphatic rings. The predicted molar refractivity (Wildman–Crippen MR) is 126 cm³/mol. The van der Waals surface area contributed by atoms with Crippen molar-refractivity contribution in [2.45, 2.75) is 36.9 Å². The molecule has 1 heterocycles. The van der Waals surface area contributed by atoms with Crippen molar-refractivity contribution in [3.63, 3.8) is 0 Å². The smallest absolute Gasteiger partial charge is 0.330 e. The van der Waals surface area contributed by atoms with Gasteiger partial charge in [0.25, 0.3) is 0 Å². The van der Waals surface area contributed by atoms with Gasteiger partial charge in [0.15, 0.2) is 0 Å². The third kappa shape index (κ3) is 6.40. The van der Waals surface area contributed by atoms with E-state index in [4.69, 9.17) is 5.26 Å². The van der Waals surface area contributed by atoms with E-state index in [1.165, 1.54) is 24.3 Å². The van der Waals surface area contributed by atoms with Crippen LogP contribution in [0, 0.1) is 11.3 Å². The van der Waals surface area contributed by atoms with Crippen LogP contribution in [-0.2, 0) is 26.6 Å². The van der Waals surface area contributed by atoms with Crippen molar-refractivity contribution in [3.8, 4) is 11.8 Å². The maximum absolute atomic E-state index is 13.4. The molecule has 0 atom stereocenters. The molecular weight excluding hydrogens is 493 g/mol. The lowest BCUT2D eigenvalue weighted by Gasteiger charge is -2.34. The Kier molecular flexibility index (Phi) is 7.69. The van der Waals surface area contributed by atoms with Crippen molar-refractivity contribution in [1.82, 2.24) is 14.7 Å². The SMILES string of the molecule is CC(C)(CN(Cc1ccc(-n2cccn2)cc1)C(=O)C(F)(F)F)c1ccc(S(=O)(=O)C=CC#N)cc1. The number of benzene rings is 2. The molecule has 0 saturated heterocycles. The summed E-state index contributed by atoms with van der Waals surface area (Å²) >= 11 is 0. The third-order valence-electron chi connectivity index (χ3n) is 5.48. The van der Waals surface area contributed by atoms with Gasteiger partial charge in [0.05, 0.1) is 16.7 Å². The second-order valence-corrected chi connectivity index (χ2v) is 10.5. The fourth-order valence-corrected chi connectivity index (χ4v) is 4.55. The Morgan fingerprint density at radius 1 is 1.11 bits per heavy atom. The molecular formula is C25H23F3N4O3S. The fraction of sp³-hybridized carbons (Fsp3) is 0.240. The van der Waals surface area contributed by atoms with Crippen LogP contribution in [0.25, 0.3) is 5.69 Å². The molecule has 0 radical (unpaired) electrons. The quantitative estimate of drug-likeness (QED) is 0.409. The first kappa shape index (κ1) is 26.7. The van der Waals surface area contributed by atoms with E-state index in [-0.39, 0.29) is 18.0 Å². The van der Waals surface area contributed by atoms with Crippen molar-refractivity contribution in [2.24, 2.45) is 0 Å². The van der Waals surface area contributed by atoms with Crippen molar-refractivity contribution >= 4 is 15.7 Å². The molecule has 3 aromatic rings. The Morgan fingerprint density at radius 2 is 1.75 bits per heavy atom. The number of sulfone groups is 1. The van der Waals surface area contributed by atoms with Gasteiger partial charge in [-0.1, -0.05) is 38.1 Å². The van der Waals surface area contributed by atoms with Crippen LogP contribution >= 0.6 is 0 Å². The normalized spacial score (nSPS) is 12.4. The Bertz CT molecular complexity index is 1370. The van der Waals surface area contributed by atoms with Gasteiger partial charge in [-0.2, -0.15) is 23.5 Å². The molecule has 0 fully saturated rings. The summed E-state index contributed by atoms with van der Waals surface area (Å²) in [5.41, 5.74) is 0.822. The minimum Gasteiger partial charge on any atom is -0.330 e. The van der Waals surface area contributed by atoms with Gasteiger partial charge < -0.3 is 4.90 Å². The molecule has 1 amide bonds. The number of nitrogens with zero attached hydrogens (tertiary/aromatic N) is 4. The maximum Gasteiger partial charge on any atom is 0.471 e. The van der Waals surface area contributed by atoms with Crippen molar-refractivity contribution < 1.29 is 26.4 Å². The first-order valence-electron chi connectivity index (χ1n) is 10.7. The molecule has 0 N–H and O–H groups in total. The first-order valence-corrected chi connectivity index (χ1v) is 12.2. The summed E-state index contributed by atoms with van der Waals surface area (Å²) in [6.45, 7) is 2.80. The first-order chi connectivity index (χ1) is 16.8. The Hall–Kier alpha value is -3.91. The number of nitriles is 1. The van der Waals surface area contributed by atoms with Crippen LogP contribution in [0.5, 0.6) is 0 Å². The highest BCUT2D eigenvalue weighted by Gasteiger charge is 2.44. The van der Waals surface area contributed by atoms with E-state index in [9.17, 15) is 26.4 Å². The van der Waals surface area contributed by atoms with Crippen molar-refractivity contribution in [2.75, 3.05) is 6.54 Å². The van der Waals surface area contributed by atoms with Gasteiger partial charge >= 0.3 is 12.1 Å². The van der Waals surface area contributed by atoms with E-state index in [0.717, 1.165) is 22.1 Å². The molecule has 7 nitrogen and oxygen atoms in total. The number of rotatable bonds is 8. The monoisotopic (exact) mass is 516 g/mol. The van der Waals surface area contributed by atoms with E-state index in [2.05, 4.69) is 5.10 Å². The van der Waals surface area contributed by atoms with Crippen molar-refractivity contribution in [3.05, 3.63) is 89.6 Å². The third-order valence-corrected chi connectivity index (χ3v) is 6.90. The number of hydrogen-bond donors (Lipinski definition) is 0. The van der Waals surface area contributed by atoms with E-state index >= 15 is 0 Å². The molecule has 0 spiro atoms. The van der Waals surface area contributed by atoms with Gasteiger partial charge in [0.1, 0.15) is 0 Å². The second-order valence-electron chi connectivity index (χ2n) is 8.66. The van der Waals surface area contributed by atoms with Gasteiger partial charge in [-0.25, -0.2) is 13.1 Å². The molecule has 0 saturated carbocycles. The molecule has 36 heavy (non-hydrogen) atoms. The van der Waals surface area contributed by atoms with Crippen LogP contribution in [0.2, 0.25) is 0 Å². The van der Waals surface area contributed by atoms with E-state index < -0.39 is 27.3 Å². The number of hydrogen-bond acceptors (Lipinski definition) is 5. The molecule has 1 aromatic heterocycles. The molecule has 3 rings (SSSR count). The minimum absolute atomic E-state index is 0.0611. The summed E-state index contributed by atoms with van der Waals surface area (Å²) in [4.78, 5) is 13.0. The molecule has 0 bridgehead atoms. The minimum atomic E-state index is -5.06. The number of carbonyl (C=O) groups excluding carboxylic acids is 1. The van der Waals surface area contributed by atoms with E-state index in [0.29, 0.717) is 11.1 Å².